The van der Waals surface area contributed by atoms with Crippen molar-refractivity contribution in [3.63, 3.8) is 0 Å². The number of carbonyl (C=O) groups excluding carboxylic acids is 1. The summed E-state index contributed by atoms with van der Waals surface area (Å²) in [5.74, 6) is -0.199. The zero-order chi connectivity index (χ0) is 17.6. The third-order valence-corrected chi connectivity index (χ3v) is 6.82. The molecule has 25 heavy (non-hydrogen) atoms. The average Bonchev–Trinajstić information content (AvgIpc) is 3.15. The minimum atomic E-state index is -3.35. The maximum absolute atomic E-state index is 12.7. The van der Waals surface area contributed by atoms with E-state index in [-0.39, 0.29) is 10.7 Å². The first kappa shape index (κ1) is 16.7. The van der Waals surface area contributed by atoms with Crippen LogP contribution in [-0.2, 0) is 14.6 Å². The number of morpholine rings is 1. The van der Waals surface area contributed by atoms with Crippen LogP contribution in [0.15, 0.2) is 35.4 Å². The number of hydrogen-bond acceptors (Lipinski definition) is 7. The first-order valence-corrected chi connectivity index (χ1v) is 10.8. The lowest BCUT2D eigenvalue weighted by Crippen LogP contribution is -2.45. The number of rotatable bonds is 4. The standard InChI is InChI=1S/C17H18N2O4S2/c1-25(21,22)14-4-2-3-11(7-14)16(20)15-8-18-17(24-15)19-12-5-6-13(19)10-23-9-12/h2-4,7-8,12-13H,5-6,9-10H2,1H3. The van der Waals surface area contributed by atoms with E-state index in [0.29, 0.717) is 35.7 Å². The lowest BCUT2D eigenvalue weighted by Gasteiger charge is -2.34. The Bertz CT molecular complexity index is 906. The Balaban J connectivity index is 1.61. The molecule has 0 amide bonds. The highest BCUT2D eigenvalue weighted by atomic mass is 32.2. The third kappa shape index (κ3) is 3.09. The molecule has 0 aliphatic carbocycles. The molecule has 2 aliphatic heterocycles. The van der Waals surface area contributed by atoms with Gasteiger partial charge in [0.25, 0.3) is 0 Å². The van der Waals surface area contributed by atoms with Crippen LogP contribution >= 0.6 is 11.3 Å². The Hall–Kier alpha value is -1.77. The molecule has 0 N–H and O–H groups in total. The van der Waals surface area contributed by atoms with Gasteiger partial charge in [0, 0.05) is 11.8 Å². The molecule has 2 aromatic rings. The predicted molar refractivity (Wildman–Crippen MR) is 95.2 cm³/mol. The van der Waals surface area contributed by atoms with Gasteiger partial charge < -0.3 is 9.64 Å². The molecule has 0 saturated carbocycles. The van der Waals surface area contributed by atoms with Crippen LogP contribution < -0.4 is 4.90 Å². The molecule has 0 radical (unpaired) electrons. The lowest BCUT2D eigenvalue weighted by atomic mass is 10.1. The molecule has 2 aliphatic rings. The summed E-state index contributed by atoms with van der Waals surface area (Å²) in [5, 5.41) is 0.846. The van der Waals surface area contributed by atoms with Crippen LogP contribution in [0.3, 0.4) is 0 Å². The SMILES string of the molecule is CS(=O)(=O)c1cccc(C(=O)c2cnc(N3C4CCC3COC4)s2)c1. The van der Waals surface area contributed by atoms with Crippen LogP contribution in [0.2, 0.25) is 0 Å². The third-order valence-electron chi connectivity index (χ3n) is 4.70. The van der Waals surface area contributed by atoms with E-state index >= 15 is 0 Å². The van der Waals surface area contributed by atoms with Crippen molar-refractivity contribution in [3.05, 3.63) is 40.9 Å². The topological polar surface area (TPSA) is 76.6 Å². The van der Waals surface area contributed by atoms with E-state index in [4.69, 9.17) is 4.74 Å². The number of anilines is 1. The van der Waals surface area contributed by atoms with E-state index < -0.39 is 9.84 Å². The summed E-state index contributed by atoms with van der Waals surface area (Å²) >= 11 is 1.36. The van der Waals surface area contributed by atoms with Gasteiger partial charge in [0.05, 0.1) is 41.3 Å². The Labute approximate surface area is 150 Å². The molecule has 1 aromatic heterocycles. The minimum Gasteiger partial charge on any atom is -0.377 e. The molecule has 6 nitrogen and oxygen atoms in total. The van der Waals surface area contributed by atoms with Gasteiger partial charge in [0.1, 0.15) is 0 Å². The van der Waals surface area contributed by atoms with E-state index in [0.717, 1.165) is 24.2 Å². The van der Waals surface area contributed by atoms with E-state index in [9.17, 15) is 13.2 Å². The van der Waals surface area contributed by atoms with Gasteiger partial charge in [-0.25, -0.2) is 13.4 Å². The zero-order valence-electron chi connectivity index (χ0n) is 13.7. The molecular formula is C17H18N2O4S2. The number of aromatic nitrogens is 1. The second-order valence-electron chi connectivity index (χ2n) is 6.47. The summed E-state index contributed by atoms with van der Waals surface area (Å²) in [6.45, 7) is 1.41. The molecule has 1 aromatic carbocycles. The van der Waals surface area contributed by atoms with Crippen LogP contribution in [0.1, 0.15) is 28.1 Å². The highest BCUT2D eigenvalue weighted by Crippen LogP contribution is 2.36. The molecule has 2 fully saturated rings. The predicted octanol–water partition coefficient (Wildman–Crippen LogP) is 2.15. The summed E-state index contributed by atoms with van der Waals surface area (Å²) in [6.07, 6.45) is 4.90. The molecule has 2 unspecified atom stereocenters. The van der Waals surface area contributed by atoms with Crippen molar-refractivity contribution in [1.82, 2.24) is 4.98 Å². The fourth-order valence-corrected chi connectivity index (χ4v) is 5.13. The Morgan fingerprint density at radius 2 is 2.00 bits per heavy atom. The van der Waals surface area contributed by atoms with Crippen LogP contribution in [0.5, 0.6) is 0 Å². The van der Waals surface area contributed by atoms with Crippen molar-refractivity contribution >= 4 is 32.1 Å². The van der Waals surface area contributed by atoms with E-state index in [1.54, 1.807) is 18.3 Å². The monoisotopic (exact) mass is 378 g/mol. The summed E-state index contributed by atoms with van der Waals surface area (Å²) in [6, 6.07) is 6.82. The van der Waals surface area contributed by atoms with Gasteiger partial charge in [-0.15, -0.1) is 0 Å². The normalized spacial score (nSPS) is 23.0. The zero-order valence-corrected chi connectivity index (χ0v) is 15.3. The molecule has 4 rings (SSSR count). The van der Waals surface area contributed by atoms with Crippen molar-refractivity contribution in [1.29, 1.82) is 0 Å². The summed E-state index contributed by atoms with van der Waals surface area (Å²) in [7, 11) is -3.35. The molecule has 3 heterocycles. The summed E-state index contributed by atoms with van der Waals surface area (Å²) < 4.78 is 29.0. The largest absolute Gasteiger partial charge is 0.377 e. The van der Waals surface area contributed by atoms with Gasteiger partial charge in [-0.3, -0.25) is 4.79 Å². The quantitative estimate of drug-likeness (QED) is 0.759. The Morgan fingerprint density at radius 3 is 2.68 bits per heavy atom. The molecule has 132 valence electrons. The number of benzene rings is 1. The molecule has 2 bridgehead atoms. The number of carbonyl (C=O) groups is 1. The summed E-state index contributed by atoms with van der Waals surface area (Å²) in [4.78, 5) is 20.1. The number of hydrogen-bond donors (Lipinski definition) is 0. The fraction of sp³-hybridized carbons (Fsp3) is 0.412. The number of thiazole rings is 1. The number of ketones is 1. The fourth-order valence-electron chi connectivity index (χ4n) is 3.44. The molecule has 2 atom stereocenters. The second kappa shape index (κ2) is 6.19. The van der Waals surface area contributed by atoms with Gasteiger partial charge in [-0.1, -0.05) is 23.5 Å². The smallest absolute Gasteiger partial charge is 0.204 e. The van der Waals surface area contributed by atoms with Crippen molar-refractivity contribution < 1.29 is 17.9 Å². The van der Waals surface area contributed by atoms with Crippen LogP contribution in [0, 0.1) is 0 Å². The Morgan fingerprint density at radius 1 is 1.28 bits per heavy atom. The Kier molecular flexibility index (Phi) is 4.13. The molecule has 0 spiro atoms. The van der Waals surface area contributed by atoms with Crippen LogP contribution in [-0.4, -0.2) is 50.7 Å². The number of fused-ring (bicyclic) bond motifs is 2. The van der Waals surface area contributed by atoms with Gasteiger partial charge in [0.2, 0.25) is 5.78 Å². The van der Waals surface area contributed by atoms with Gasteiger partial charge in [-0.2, -0.15) is 0 Å². The first-order valence-electron chi connectivity index (χ1n) is 8.10. The highest BCUT2D eigenvalue weighted by molar-refractivity contribution is 7.90. The van der Waals surface area contributed by atoms with Crippen molar-refractivity contribution in [2.45, 2.75) is 29.8 Å². The average molecular weight is 378 g/mol. The van der Waals surface area contributed by atoms with Gasteiger partial charge >= 0.3 is 0 Å². The second-order valence-corrected chi connectivity index (χ2v) is 9.49. The van der Waals surface area contributed by atoms with Crippen LogP contribution in [0.25, 0.3) is 0 Å². The lowest BCUT2D eigenvalue weighted by molar-refractivity contribution is 0.0906. The maximum atomic E-state index is 12.7. The van der Waals surface area contributed by atoms with Crippen molar-refractivity contribution in [2.75, 3.05) is 24.4 Å². The maximum Gasteiger partial charge on any atom is 0.204 e. The van der Waals surface area contributed by atoms with Crippen molar-refractivity contribution in [2.24, 2.45) is 0 Å². The minimum absolute atomic E-state index is 0.148. The molecular weight excluding hydrogens is 360 g/mol. The summed E-state index contributed by atoms with van der Waals surface area (Å²) in [5.41, 5.74) is 0.364. The molecule has 2 saturated heterocycles. The van der Waals surface area contributed by atoms with E-state index in [2.05, 4.69) is 9.88 Å². The number of sulfone groups is 1. The van der Waals surface area contributed by atoms with Gasteiger partial charge in [-0.05, 0) is 25.0 Å². The van der Waals surface area contributed by atoms with E-state index in [1.807, 2.05) is 0 Å². The highest BCUT2D eigenvalue weighted by Gasteiger charge is 2.39. The first-order chi connectivity index (χ1) is 11.9. The number of ether oxygens (including phenoxy) is 1. The molecule has 8 heteroatoms. The number of nitrogens with zero attached hydrogens (tertiary/aromatic N) is 2. The van der Waals surface area contributed by atoms with Gasteiger partial charge in [0.15, 0.2) is 15.0 Å². The van der Waals surface area contributed by atoms with E-state index in [1.165, 1.54) is 23.5 Å². The van der Waals surface area contributed by atoms with Crippen molar-refractivity contribution in [3.8, 4) is 0 Å². The van der Waals surface area contributed by atoms with Crippen LogP contribution in [0.4, 0.5) is 5.13 Å².